The van der Waals surface area contributed by atoms with Crippen molar-refractivity contribution < 1.29 is 4.79 Å². The largest absolute Gasteiger partial charge is 0.337 e. The second-order valence-corrected chi connectivity index (χ2v) is 6.88. The number of nitrogens with one attached hydrogen (secondary N) is 1. The van der Waals surface area contributed by atoms with E-state index in [-0.39, 0.29) is 11.6 Å². The van der Waals surface area contributed by atoms with Gasteiger partial charge in [-0.1, -0.05) is 26.7 Å². The Morgan fingerprint density at radius 2 is 2.12 bits per heavy atom. The van der Waals surface area contributed by atoms with Crippen LogP contribution in [0.25, 0.3) is 11.2 Å². The number of carbonyl (C=O) groups excluding carboxylic acids is 1. The Morgan fingerprint density at radius 1 is 1.38 bits per heavy atom. The first-order valence-corrected chi connectivity index (χ1v) is 8.54. The van der Waals surface area contributed by atoms with E-state index in [1.807, 2.05) is 0 Å². The molecule has 0 aliphatic carbocycles. The van der Waals surface area contributed by atoms with Crippen LogP contribution in [-0.4, -0.2) is 43.8 Å². The summed E-state index contributed by atoms with van der Waals surface area (Å²) in [7, 11) is 0. The van der Waals surface area contributed by atoms with E-state index in [0.717, 1.165) is 12.8 Å². The molecule has 0 unspecified atom stereocenters. The van der Waals surface area contributed by atoms with Crippen molar-refractivity contribution in [1.29, 1.82) is 0 Å². The van der Waals surface area contributed by atoms with E-state index in [4.69, 9.17) is 0 Å². The topological polar surface area (TPSA) is 91.8 Å². The molecule has 0 atom stereocenters. The van der Waals surface area contributed by atoms with E-state index in [0.29, 0.717) is 36.1 Å². The third-order valence-electron chi connectivity index (χ3n) is 4.63. The summed E-state index contributed by atoms with van der Waals surface area (Å²) in [4.78, 5) is 41.1. The van der Waals surface area contributed by atoms with Gasteiger partial charge in [-0.25, -0.2) is 15.0 Å². The number of hydrogen-bond donors (Lipinski definition) is 1. The second kappa shape index (κ2) is 7.07. The summed E-state index contributed by atoms with van der Waals surface area (Å²) in [5.41, 5.74) is 0.206. The Balaban J connectivity index is 1.69. The molecular weight excluding hydrogens is 306 g/mol. The van der Waals surface area contributed by atoms with Crippen molar-refractivity contribution in [2.24, 2.45) is 11.8 Å². The molecule has 1 aliphatic heterocycles. The number of likely N-dealkylation sites (tertiary alicyclic amines) is 1. The van der Waals surface area contributed by atoms with Crippen molar-refractivity contribution in [2.75, 3.05) is 13.1 Å². The number of amides is 1. The Hall–Kier alpha value is -2.31. The average molecular weight is 329 g/mol. The van der Waals surface area contributed by atoms with Crippen molar-refractivity contribution >= 4 is 17.1 Å². The van der Waals surface area contributed by atoms with Gasteiger partial charge in [-0.2, -0.15) is 0 Å². The second-order valence-electron chi connectivity index (χ2n) is 6.88. The van der Waals surface area contributed by atoms with Crippen molar-refractivity contribution in [2.45, 2.75) is 39.5 Å². The highest BCUT2D eigenvalue weighted by Gasteiger charge is 2.26. The van der Waals surface area contributed by atoms with Crippen molar-refractivity contribution in [3.8, 4) is 0 Å². The van der Waals surface area contributed by atoms with Gasteiger partial charge in [0.05, 0.1) is 6.20 Å². The minimum atomic E-state index is -0.492. The number of aromatic nitrogens is 4. The molecular formula is C17H23N5O2. The SMILES string of the molecule is CC(C)CCC1CCN(C(=O)c2nc3cncnc3[nH]c2=O)CC1. The summed E-state index contributed by atoms with van der Waals surface area (Å²) < 4.78 is 0. The Morgan fingerprint density at radius 3 is 2.83 bits per heavy atom. The monoisotopic (exact) mass is 329 g/mol. The quantitative estimate of drug-likeness (QED) is 0.926. The number of rotatable bonds is 4. The average Bonchev–Trinajstić information content (AvgIpc) is 2.59. The molecule has 3 rings (SSSR count). The lowest BCUT2D eigenvalue weighted by Gasteiger charge is -2.32. The minimum Gasteiger partial charge on any atom is -0.337 e. The molecule has 0 bridgehead atoms. The zero-order valence-corrected chi connectivity index (χ0v) is 14.2. The highest BCUT2D eigenvalue weighted by molar-refractivity contribution is 5.93. The molecule has 24 heavy (non-hydrogen) atoms. The van der Waals surface area contributed by atoms with E-state index in [1.165, 1.54) is 25.4 Å². The maximum absolute atomic E-state index is 12.6. The number of fused-ring (bicyclic) bond motifs is 1. The van der Waals surface area contributed by atoms with Gasteiger partial charge >= 0.3 is 0 Å². The fourth-order valence-corrected chi connectivity index (χ4v) is 3.13. The maximum atomic E-state index is 12.6. The third-order valence-corrected chi connectivity index (χ3v) is 4.63. The number of carbonyl (C=O) groups is 1. The lowest BCUT2D eigenvalue weighted by molar-refractivity contribution is 0.0677. The summed E-state index contributed by atoms with van der Waals surface area (Å²) in [5.74, 6) is 1.09. The number of aromatic amines is 1. The predicted molar refractivity (Wildman–Crippen MR) is 90.7 cm³/mol. The fourth-order valence-electron chi connectivity index (χ4n) is 3.13. The Kier molecular flexibility index (Phi) is 4.87. The lowest BCUT2D eigenvalue weighted by Crippen LogP contribution is -2.41. The van der Waals surface area contributed by atoms with Crippen LogP contribution in [-0.2, 0) is 0 Å². The number of nitrogens with zero attached hydrogens (tertiary/aromatic N) is 4. The van der Waals surface area contributed by atoms with Gasteiger partial charge in [0.2, 0.25) is 0 Å². The first kappa shape index (κ1) is 16.5. The van der Waals surface area contributed by atoms with Gasteiger partial charge in [-0.3, -0.25) is 9.59 Å². The van der Waals surface area contributed by atoms with Crippen LogP contribution in [0.2, 0.25) is 0 Å². The molecule has 128 valence electrons. The molecule has 1 amide bonds. The van der Waals surface area contributed by atoms with Gasteiger partial charge in [0, 0.05) is 13.1 Å². The summed E-state index contributed by atoms with van der Waals surface area (Å²) >= 11 is 0. The summed E-state index contributed by atoms with van der Waals surface area (Å²) in [5, 5.41) is 0. The normalized spacial score (nSPS) is 16.0. The first-order valence-electron chi connectivity index (χ1n) is 8.54. The molecule has 0 aromatic carbocycles. The molecule has 2 aromatic rings. The van der Waals surface area contributed by atoms with Gasteiger partial charge in [-0.15, -0.1) is 0 Å². The van der Waals surface area contributed by atoms with Crippen LogP contribution in [0.3, 0.4) is 0 Å². The van der Waals surface area contributed by atoms with E-state index in [2.05, 4.69) is 33.8 Å². The van der Waals surface area contributed by atoms with Crippen LogP contribution in [0.15, 0.2) is 17.3 Å². The number of hydrogen-bond acceptors (Lipinski definition) is 5. The summed E-state index contributed by atoms with van der Waals surface area (Å²) in [6, 6.07) is 0. The molecule has 2 aromatic heterocycles. The molecule has 7 nitrogen and oxygen atoms in total. The predicted octanol–water partition coefficient (Wildman–Crippen LogP) is 2.00. The van der Waals surface area contributed by atoms with Gasteiger partial charge < -0.3 is 9.88 Å². The minimum absolute atomic E-state index is 0.0714. The smallest absolute Gasteiger partial charge is 0.281 e. The fraction of sp³-hybridized carbons (Fsp3) is 0.588. The third kappa shape index (κ3) is 3.60. The zero-order chi connectivity index (χ0) is 17.1. The summed E-state index contributed by atoms with van der Waals surface area (Å²) in [6.45, 7) is 5.85. The molecule has 1 aliphatic rings. The van der Waals surface area contributed by atoms with Gasteiger partial charge in [0.1, 0.15) is 11.8 Å². The molecule has 1 N–H and O–H groups in total. The van der Waals surface area contributed by atoms with Gasteiger partial charge in [-0.05, 0) is 24.7 Å². The molecule has 0 spiro atoms. The van der Waals surface area contributed by atoms with Crippen LogP contribution in [0.5, 0.6) is 0 Å². The van der Waals surface area contributed by atoms with E-state index in [9.17, 15) is 9.59 Å². The van der Waals surface area contributed by atoms with Crippen molar-refractivity contribution in [3.05, 3.63) is 28.6 Å². The Labute approximate surface area is 140 Å². The number of H-pyrrole nitrogens is 1. The molecule has 1 fully saturated rings. The molecule has 1 saturated heterocycles. The standard InChI is InChI=1S/C17H23N5O2/c1-11(2)3-4-12-5-7-22(8-6-12)17(24)14-16(23)21-15-13(20-14)9-18-10-19-15/h9-12H,3-8H2,1-2H3,(H,18,19,21,23). The number of piperidine rings is 1. The molecule has 7 heteroatoms. The molecule has 3 heterocycles. The van der Waals surface area contributed by atoms with E-state index in [1.54, 1.807) is 4.90 Å². The van der Waals surface area contributed by atoms with E-state index < -0.39 is 5.56 Å². The highest BCUT2D eigenvalue weighted by atomic mass is 16.2. The zero-order valence-electron chi connectivity index (χ0n) is 14.2. The van der Waals surface area contributed by atoms with Crippen LogP contribution < -0.4 is 5.56 Å². The molecule has 0 saturated carbocycles. The van der Waals surface area contributed by atoms with Crippen LogP contribution in [0.4, 0.5) is 0 Å². The van der Waals surface area contributed by atoms with Crippen molar-refractivity contribution in [3.63, 3.8) is 0 Å². The first-order chi connectivity index (χ1) is 11.5. The highest BCUT2D eigenvalue weighted by Crippen LogP contribution is 2.24. The maximum Gasteiger partial charge on any atom is 0.281 e. The van der Waals surface area contributed by atoms with Crippen molar-refractivity contribution in [1.82, 2.24) is 24.8 Å². The van der Waals surface area contributed by atoms with Crippen LogP contribution >= 0.6 is 0 Å². The van der Waals surface area contributed by atoms with Gasteiger partial charge in [0.15, 0.2) is 11.3 Å². The van der Waals surface area contributed by atoms with E-state index >= 15 is 0 Å². The van der Waals surface area contributed by atoms with Crippen LogP contribution in [0.1, 0.15) is 50.0 Å². The Bertz CT molecular complexity index is 778. The summed E-state index contributed by atoms with van der Waals surface area (Å²) in [6.07, 6.45) is 7.26. The van der Waals surface area contributed by atoms with Gasteiger partial charge in [0.25, 0.3) is 11.5 Å². The molecule has 0 radical (unpaired) electrons. The van der Waals surface area contributed by atoms with Crippen LogP contribution in [0, 0.1) is 11.8 Å². The lowest BCUT2D eigenvalue weighted by atomic mass is 9.89.